The van der Waals surface area contributed by atoms with Crippen molar-refractivity contribution in [1.82, 2.24) is 24.7 Å². The molecular formula is C30H44FN5O4S. The Morgan fingerprint density at radius 3 is 2.41 bits per heavy atom. The third-order valence-corrected chi connectivity index (χ3v) is 9.59. The minimum absolute atomic E-state index is 0.0118. The summed E-state index contributed by atoms with van der Waals surface area (Å²) in [6, 6.07) is 13.0. The van der Waals surface area contributed by atoms with E-state index in [1.165, 1.54) is 16.4 Å². The third-order valence-electron chi connectivity index (χ3n) is 7.71. The van der Waals surface area contributed by atoms with Gasteiger partial charge in [0.15, 0.2) is 0 Å². The average Bonchev–Trinajstić information content (AvgIpc) is 3.42. The molecule has 0 aromatic heterocycles. The molecule has 2 amide bonds. The first-order valence-electron chi connectivity index (χ1n) is 14.3. The van der Waals surface area contributed by atoms with Gasteiger partial charge in [-0.2, -0.15) is 4.31 Å². The second kappa shape index (κ2) is 15.4. The topological polar surface area (TPSA) is 102 Å². The molecule has 1 aliphatic rings. The fraction of sp³-hybridized carbons (Fsp3) is 0.533. The molecule has 3 rings (SSSR count). The van der Waals surface area contributed by atoms with Crippen LogP contribution in [0.25, 0.3) is 0 Å². The Balaban J connectivity index is 1.83. The van der Waals surface area contributed by atoms with E-state index < -0.39 is 27.9 Å². The molecule has 0 saturated carbocycles. The number of carbonyl (C=O) groups is 2. The quantitative estimate of drug-likeness (QED) is 0.310. The number of nitrogens with zero attached hydrogens (tertiary/aromatic N) is 3. The maximum atomic E-state index is 13.9. The Hall–Kier alpha value is -2.86. The number of amides is 2. The molecule has 1 heterocycles. The molecule has 11 heteroatoms. The fourth-order valence-electron chi connectivity index (χ4n) is 4.98. The number of hydrogen-bond donors (Lipinski definition) is 2. The number of sulfonamides is 1. The first-order chi connectivity index (χ1) is 19.5. The van der Waals surface area contributed by atoms with Crippen LogP contribution < -0.4 is 10.6 Å². The predicted octanol–water partition coefficient (Wildman–Crippen LogP) is 2.48. The van der Waals surface area contributed by atoms with Crippen LogP contribution in [-0.2, 0) is 26.0 Å². The molecule has 2 N–H and O–H groups in total. The Labute approximate surface area is 244 Å². The van der Waals surface area contributed by atoms with E-state index in [4.69, 9.17) is 0 Å². The number of rotatable bonds is 15. The lowest BCUT2D eigenvalue weighted by atomic mass is 10.1. The van der Waals surface area contributed by atoms with Crippen molar-refractivity contribution in [3.8, 4) is 0 Å². The van der Waals surface area contributed by atoms with E-state index in [-0.39, 0.29) is 35.8 Å². The van der Waals surface area contributed by atoms with Crippen LogP contribution in [0.2, 0.25) is 0 Å². The Morgan fingerprint density at radius 2 is 1.78 bits per heavy atom. The van der Waals surface area contributed by atoms with Crippen LogP contribution in [0.15, 0.2) is 59.5 Å². The van der Waals surface area contributed by atoms with Gasteiger partial charge in [0, 0.05) is 25.7 Å². The SMILES string of the molecule is CNCCC[C@H](NC(=O)[C@H](C)N(C)C)C(=O)N1CCC[C@H]1CN(CCc1ccccc1)S(=O)(=O)c1ccc(F)cc1. The zero-order valence-electron chi connectivity index (χ0n) is 24.6. The molecule has 2 aromatic carbocycles. The number of hydrogen-bond acceptors (Lipinski definition) is 6. The van der Waals surface area contributed by atoms with E-state index in [1.807, 2.05) is 51.5 Å². The summed E-state index contributed by atoms with van der Waals surface area (Å²) >= 11 is 0. The Morgan fingerprint density at radius 1 is 1.10 bits per heavy atom. The van der Waals surface area contributed by atoms with E-state index in [0.29, 0.717) is 38.8 Å². The molecule has 0 aliphatic carbocycles. The molecule has 0 radical (unpaired) electrons. The van der Waals surface area contributed by atoms with E-state index in [0.717, 1.165) is 24.1 Å². The highest BCUT2D eigenvalue weighted by molar-refractivity contribution is 7.89. The van der Waals surface area contributed by atoms with Crippen LogP contribution in [0.4, 0.5) is 4.39 Å². The molecule has 0 bridgehead atoms. The first kappa shape index (κ1) is 32.7. The van der Waals surface area contributed by atoms with Crippen molar-refractivity contribution >= 4 is 21.8 Å². The zero-order valence-corrected chi connectivity index (χ0v) is 25.4. The summed E-state index contributed by atoms with van der Waals surface area (Å²) in [6.45, 7) is 3.31. The molecule has 2 aromatic rings. The van der Waals surface area contributed by atoms with E-state index in [9.17, 15) is 22.4 Å². The van der Waals surface area contributed by atoms with Gasteiger partial charge in [-0.3, -0.25) is 14.5 Å². The van der Waals surface area contributed by atoms with E-state index in [2.05, 4.69) is 10.6 Å². The lowest BCUT2D eigenvalue weighted by Gasteiger charge is -2.33. The maximum Gasteiger partial charge on any atom is 0.245 e. The van der Waals surface area contributed by atoms with Crippen molar-refractivity contribution in [3.63, 3.8) is 0 Å². The fourth-order valence-corrected chi connectivity index (χ4v) is 6.46. The molecule has 1 aliphatic heterocycles. The maximum absolute atomic E-state index is 13.9. The summed E-state index contributed by atoms with van der Waals surface area (Å²) in [6.07, 6.45) is 3.06. The Kier molecular flexibility index (Phi) is 12.3. The number of benzene rings is 2. The highest BCUT2D eigenvalue weighted by Gasteiger charge is 2.37. The normalized spacial score (nSPS) is 17.1. The minimum atomic E-state index is -3.96. The van der Waals surface area contributed by atoms with E-state index in [1.54, 1.807) is 16.7 Å². The van der Waals surface area contributed by atoms with Crippen LogP contribution >= 0.6 is 0 Å². The summed E-state index contributed by atoms with van der Waals surface area (Å²) in [5, 5.41) is 6.03. The second-order valence-electron chi connectivity index (χ2n) is 10.8. The predicted molar refractivity (Wildman–Crippen MR) is 158 cm³/mol. The van der Waals surface area contributed by atoms with Gasteiger partial charge in [-0.25, -0.2) is 12.8 Å². The second-order valence-corrected chi connectivity index (χ2v) is 12.8. The van der Waals surface area contributed by atoms with Gasteiger partial charge in [0.1, 0.15) is 11.9 Å². The number of likely N-dealkylation sites (tertiary alicyclic amines) is 1. The average molecular weight is 590 g/mol. The molecule has 0 spiro atoms. The lowest BCUT2D eigenvalue weighted by molar-refractivity contribution is -0.138. The van der Waals surface area contributed by atoms with Gasteiger partial charge in [0.25, 0.3) is 0 Å². The number of carbonyl (C=O) groups excluding carboxylic acids is 2. The van der Waals surface area contributed by atoms with Crippen molar-refractivity contribution in [2.75, 3.05) is 47.3 Å². The standard InChI is InChI=1S/C30H44FN5O4S/c1-23(34(3)4)29(37)33-28(13-8-19-32-2)30(38)36-20-9-12-26(36)22-35(21-18-24-10-6-5-7-11-24)41(39,40)27-16-14-25(31)15-17-27/h5-7,10-11,14-17,23,26,28,32H,8-9,12-13,18-22H2,1-4H3,(H,33,37)/t23-,26-,28-/m0/s1. The van der Waals surface area contributed by atoms with Crippen LogP contribution in [0.3, 0.4) is 0 Å². The van der Waals surface area contributed by atoms with Gasteiger partial charge in [-0.15, -0.1) is 0 Å². The summed E-state index contributed by atoms with van der Waals surface area (Å²) in [5.74, 6) is -0.927. The van der Waals surface area contributed by atoms with Crippen LogP contribution in [0.5, 0.6) is 0 Å². The lowest BCUT2D eigenvalue weighted by Crippen LogP contribution is -2.55. The number of likely N-dealkylation sites (N-methyl/N-ethyl adjacent to an activating group) is 1. The van der Waals surface area contributed by atoms with Gasteiger partial charge in [0.05, 0.1) is 10.9 Å². The summed E-state index contributed by atoms with van der Waals surface area (Å²) in [4.78, 5) is 30.3. The molecule has 0 unspecified atom stereocenters. The molecule has 3 atom stereocenters. The van der Waals surface area contributed by atoms with E-state index >= 15 is 0 Å². The van der Waals surface area contributed by atoms with Crippen molar-refractivity contribution in [3.05, 3.63) is 66.0 Å². The minimum Gasteiger partial charge on any atom is -0.343 e. The largest absolute Gasteiger partial charge is 0.343 e. The van der Waals surface area contributed by atoms with Gasteiger partial charge in [-0.1, -0.05) is 30.3 Å². The zero-order chi connectivity index (χ0) is 30.0. The van der Waals surface area contributed by atoms with Crippen molar-refractivity contribution in [2.24, 2.45) is 0 Å². The molecule has 9 nitrogen and oxygen atoms in total. The van der Waals surface area contributed by atoms with Crippen molar-refractivity contribution in [2.45, 2.75) is 62.0 Å². The van der Waals surface area contributed by atoms with Gasteiger partial charge < -0.3 is 15.5 Å². The first-order valence-corrected chi connectivity index (χ1v) is 15.7. The van der Waals surface area contributed by atoms with Crippen molar-refractivity contribution < 1.29 is 22.4 Å². The molecule has 1 fully saturated rings. The van der Waals surface area contributed by atoms with Crippen LogP contribution in [0.1, 0.15) is 38.2 Å². The van der Waals surface area contributed by atoms with Gasteiger partial charge in [-0.05, 0) is 96.5 Å². The monoisotopic (exact) mass is 589 g/mol. The molecule has 226 valence electrons. The highest BCUT2D eigenvalue weighted by atomic mass is 32.2. The summed E-state index contributed by atoms with van der Waals surface area (Å²) in [7, 11) is 1.50. The smallest absolute Gasteiger partial charge is 0.245 e. The highest BCUT2D eigenvalue weighted by Crippen LogP contribution is 2.24. The molecule has 1 saturated heterocycles. The van der Waals surface area contributed by atoms with Crippen molar-refractivity contribution in [1.29, 1.82) is 0 Å². The summed E-state index contributed by atoms with van der Waals surface area (Å²) in [5.41, 5.74) is 0.994. The molecule has 41 heavy (non-hydrogen) atoms. The van der Waals surface area contributed by atoms with Gasteiger partial charge in [0.2, 0.25) is 21.8 Å². The number of nitrogens with one attached hydrogen (secondary N) is 2. The van der Waals surface area contributed by atoms with Crippen LogP contribution in [-0.4, -0.2) is 99.8 Å². The summed E-state index contributed by atoms with van der Waals surface area (Å²) < 4.78 is 42.5. The Bertz CT molecular complexity index is 1230. The molecular weight excluding hydrogens is 545 g/mol. The van der Waals surface area contributed by atoms with Crippen LogP contribution in [0, 0.1) is 5.82 Å². The number of halogens is 1. The van der Waals surface area contributed by atoms with Gasteiger partial charge >= 0.3 is 0 Å². The third kappa shape index (κ3) is 9.06.